The number of carbonyl (C=O) groups excluding carboxylic acids is 1. The lowest BCUT2D eigenvalue weighted by molar-refractivity contribution is -0.380. The van der Waals surface area contributed by atoms with Crippen molar-refractivity contribution in [1.29, 1.82) is 0 Å². The first-order valence-electron chi connectivity index (χ1n) is 7.11. The number of allylic oxidation sites excluding steroid dienone is 2. The Morgan fingerprint density at radius 2 is 1.96 bits per heavy atom. The first kappa shape index (κ1) is 17.7. The van der Waals surface area contributed by atoms with Gasteiger partial charge in [-0.15, -0.1) is 0 Å². The van der Waals surface area contributed by atoms with Crippen molar-refractivity contribution in [1.82, 2.24) is 5.32 Å². The van der Waals surface area contributed by atoms with Gasteiger partial charge in [0.05, 0.1) is 28.6 Å². The average Bonchev–Trinajstić information content (AvgIpc) is 2.95. The van der Waals surface area contributed by atoms with Crippen LogP contribution in [0.4, 0.5) is 5.00 Å². The summed E-state index contributed by atoms with van der Waals surface area (Å²) in [4.78, 5) is 34.8. The van der Waals surface area contributed by atoms with Gasteiger partial charge in [0, 0.05) is 22.3 Å². The third kappa shape index (κ3) is 3.16. The van der Waals surface area contributed by atoms with Crippen molar-refractivity contribution < 1.29 is 24.4 Å². The summed E-state index contributed by atoms with van der Waals surface area (Å²) in [5.74, 6) is -2.76. The van der Waals surface area contributed by atoms with Crippen LogP contribution in [0, 0.1) is 10.1 Å². The fourth-order valence-corrected chi connectivity index (χ4v) is 3.58. The maximum atomic E-state index is 12.3. The number of thiophene rings is 1. The van der Waals surface area contributed by atoms with Gasteiger partial charge in [0.2, 0.25) is 0 Å². The molecule has 1 aliphatic heterocycles. The van der Waals surface area contributed by atoms with E-state index in [1.807, 2.05) is 0 Å². The number of nitrogens with zero attached hydrogens (tertiary/aromatic N) is 1. The normalized spacial score (nSPS) is 17.5. The number of rotatable bonds is 5. The van der Waals surface area contributed by atoms with Gasteiger partial charge in [-0.1, -0.05) is 11.3 Å². The van der Waals surface area contributed by atoms with Gasteiger partial charge in [0.1, 0.15) is 0 Å². The number of carbonyl (C=O) groups is 2. The van der Waals surface area contributed by atoms with E-state index in [0.717, 1.165) is 11.3 Å². The van der Waals surface area contributed by atoms with Crippen LogP contribution in [-0.4, -0.2) is 28.6 Å². The van der Waals surface area contributed by atoms with Crippen LogP contribution >= 0.6 is 11.3 Å². The van der Waals surface area contributed by atoms with Crippen LogP contribution in [0.15, 0.2) is 34.7 Å². The highest BCUT2D eigenvalue weighted by molar-refractivity contribution is 7.15. The Bertz CT molecular complexity index is 777. The number of hydrogen-bond acceptors (Lipinski definition) is 7. The molecule has 24 heavy (non-hydrogen) atoms. The molecule has 0 spiro atoms. The van der Waals surface area contributed by atoms with Gasteiger partial charge in [-0.05, 0) is 26.8 Å². The van der Waals surface area contributed by atoms with Gasteiger partial charge in [0.25, 0.3) is 0 Å². The summed E-state index contributed by atoms with van der Waals surface area (Å²) in [6.45, 7) is 5.01. The topological polar surface area (TPSA) is 119 Å². The fraction of sp³-hybridized carbons (Fsp3) is 0.333. The molecule has 0 saturated carbocycles. The predicted octanol–water partition coefficient (Wildman–Crippen LogP) is 2.54. The lowest BCUT2D eigenvalue weighted by atomic mass is 9.84. The zero-order valence-electron chi connectivity index (χ0n) is 13.3. The molecule has 0 aliphatic carbocycles. The number of nitro groups is 1. The van der Waals surface area contributed by atoms with Gasteiger partial charge < -0.3 is 15.2 Å². The molecule has 1 atom stereocenters. The highest BCUT2D eigenvalue weighted by Crippen LogP contribution is 2.42. The number of aliphatic carboxylic acids is 1. The van der Waals surface area contributed by atoms with Crippen molar-refractivity contribution in [2.75, 3.05) is 6.61 Å². The lowest BCUT2D eigenvalue weighted by Gasteiger charge is -2.28. The Morgan fingerprint density at radius 3 is 2.46 bits per heavy atom. The summed E-state index contributed by atoms with van der Waals surface area (Å²) < 4.78 is 5.04. The van der Waals surface area contributed by atoms with Gasteiger partial charge in [-0.25, -0.2) is 9.59 Å². The Morgan fingerprint density at radius 1 is 1.33 bits per heavy atom. The van der Waals surface area contributed by atoms with Crippen LogP contribution < -0.4 is 5.32 Å². The fourth-order valence-electron chi connectivity index (χ4n) is 2.64. The van der Waals surface area contributed by atoms with Crippen LogP contribution in [0.1, 0.15) is 31.6 Å². The second kappa shape index (κ2) is 6.83. The molecule has 0 aromatic carbocycles. The van der Waals surface area contributed by atoms with Gasteiger partial charge in [0.15, 0.2) is 0 Å². The van der Waals surface area contributed by atoms with E-state index in [0.29, 0.717) is 16.3 Å². The second-order valence-electron chi connectivity index (χ2n) is 5.09. The Balaban J connectivity index is 2.63. The number of dihydropyridines is 1. The second-order valence-corrected chi connectivity index (χ2v) is 6.19. The van der Waals surface area contributed by atoms with E-state index in [4.69, 9.17) is 4.74 Å². The third-order valence-electron chi connectivity index (χ3n) is 3.56. The van der Waals surface area contributed by atoms with E-state index >= 15 is 0 Å². The molecule has 2 rings (SSSR count). The zero-order chi connectivity index (χ0) is 18.0. The van der Waals surface area contributed by atoms with Crippen LogP contribution in [-0.2, 0) is 14.3 Å². The van der Waals surface area contributed by atoms with Crippen LogP contribution in [0.25, 0.3) is 0 Å². The maximum absolute atomic E-state index is 12.3. The van der Waals surface area contributed by atoms with Crippen molar-refractivity contribution >= 4 is 28.3 Å². The Kier molecular flexibility index (Phi) is 5.03. The molecule has 1 unspecified atom stereocenters. The van der Waals surface area contributed by atoms with Crippen molar-refractivity contribution in [3.8, 4) is 0 Å². The SMILES string of the molecule is CCOC(=O)C1=C(C)NC(C)=C(C(=O)O)C1c1ccc([N+](=O)[O-])s1. The molecule has 8 nitrogen and oxygen atoms in total. The van der Waals surface area contributed by atoms with E-state index in [1.54, 1.807) is 20.8 Å². The number of ether oxygens (including phenoxy) is 1. The molecule has 0 saturated heterocycles. The standard InChI is InChI=1S/C15H16N2O6S/c1-4-23-15(20)12-8(3)16-7(2)11(14(18)19)13(12)9-5-6-10(24-9)17(21)22/h5-6,13,16H,4H2,1-3H3,(H,18,19). The van der Waals surface area contributed by atoms with E-state index in [9.17, 15) is 24.8 Å². The molecule has 0 radical (unpaired) electrons. The van der Waals surface area contributed by atoms with Crippen LogP contribution in [0.2, 0.25) is 0 Å². The zero-order valence-corrected chi connectivity index (χ0v) is 14.1. The lowest BCUT2D eigenvalue weighted by Crippen LogP contribution is -2.31. The Hall–Kier alpha value is -2.68. The van der Waals surface area contributed by atoms with E-state index < -0.39 is 22.8 Å². The molecule has 1 aromatic heterocycles. The smallest absolute Gasteiger partial charge is 0.336 e. The minimum atomic E-state index is -1.20. The molecule has 0 bridgehead atoms. The molecule has 0 amide bonds. The third-order valence-corrected chi connectivity index (χ3v) is 4.66. The summed E-state index contributed by atoms with van der Waals surface area (Å²) in [5, 5.41) is 23.3. The van der Waals surface area contributed by atoms with E-state index in [2.05, 4.69) is 5.32 Å². The summed E-state index contributed by atoms with van der Waals surface area (Å²) in [6.07, 6.45) is 0. The number of nitrogens with one attached hydrogen (secondary N) is 1. The minimum Gasteiger partial charge on any atom is -0.478 e. The highest BCUT2D eigenvalue weighted by Gasteiger charge is 2.38. The summed E-state index contributed by atoms with van der Waals surface area (Å²) in [6, 6.07) is 2.77. The van der Waals surface area contributed by atoms with Gasteiger partial charge >= 0.3 is 16.9 Å². The van der Waals surface area contributed by atoms with Crippen molar-refractivity contribution in [3.05, 3.63) is 49.7 Å². The minimum absolute atomic E-state index is 0.0274. The van der Waals surface area contributed by atoms with Gasteiger partial charge in [-0.2, -0.15) is 0 Å². The van der Waals surface area contributed by atoms with E-state index in [1.165, 1.54) is 12.1 Å². The number of esters is 1. The molecule has 1 aliphatic rings. The number of carboxylic acids is 1. The maximum Gasteiger partial charge on any atom is 0.336 e. The molecular formula is C15H16N2O6S. The van der Waals surface area contributed by atoms with Crippen molar-refractivity contribution in [2.24, 2.45) is 0 Å². The average molecular weight is 352 g/mol. The first-order chi connectivity index (χ1) is 11.3. The number of carboxylic acid groups (broad SMARTS) is 1. The van der Waals surface area contributed by atoms with Gasteiger partial charge in [-0.3, -0.25) is 10.1 Å². The predicted molar refractivity (Wildman–Crippen MR) is 86.5 cm³/mol. The molecule has 2 heterocycles. The molecule has 1 aromatic rings. The van der Waals surface area contributed by atoms with Crippen LogP contribution in [0.5, 0.6) is 0 Å². The first-order valence-corrected chi connectivity index (χ1v) is 7.92. The van der Waals surface area contributed by atoms with Crippen LogP contribution in [0.3, 0.4) is 0 Å². The largest absolute Gasteiger partial charge is 0.478 e. The van der Waals surface area contributed by atoms with Crippen molar-refractivity contribution in [3.63, 3.8) is 0 Å². The quantitative estimate of drug-likeness (QED) is 0.475. The molecular weight excluding hydrogens is 336 g/mol. The monoisotopic (exact) mass is 352 g/mol. The summed E-state index contributed by atoms with van der Waals surface area (Å²) in [5.41, 5.74) is 0.975. The molecule has 0 fully saturated rings. The number of hydrogen-bond donors (Lipinski definition) is 2. The molecule has 128 valence electrons. The molecule has 9 heteroatoms. The Labute approximate surface area is 141 Å². The summed E-state index contributed by atoms with van der Waals surface area (Å²) in [7, 11) is 0. The molecule has 2 N–H and O–H groups in total. The van der Waals surface area contributed by atoms with Crippen molar-refractivity contribution in [2.45, 2.75) is 26.7 Å². The summed E-state index contributed by atoms with van der Waals surface area (Å²) >= 11 is 0.846. The highest BCUT2D eigenvalue weighted by atomic mass is 32.1. The van der Waals surface area contributed by atoms with E-state index in [-0.39, 0.29) is 22.8 Å².